The highest BCUT2D eigenvalue weighted by Gasteiger charge is 2.32. The largest absolute Gasteiger partial charge is 0.530 e. The Morgan fingerprint density at radius 3 is 1.93 bits per heavy atom. The summed E-state index contributed by atoms with van der Waals surface area (Å²) in [6.45, 7) is 7.01. The van der Waals surface area contributed by atoms with Crippen molar-refractivity contribution in [2.75, 3.05) is 26.4 Å². The summed E-state index contributed by atoms with van der Waals surface area (Å²) in [5.74, 6) is 0.143. The van der Waals surface area contributed by atoms with Gasteiger partial charge in [-0.15, -0.1) is 0 Å². The molecule has 0 aromatic heterocycles. The maximum absolute atomic E-state index is 12.5. The maximum atomic E-state index is 12.5. The average molecular weight is 421 g/mol. The normalized spacial score (nSPS) is 13.1. The first-order valence-corrected chi connectivity index (χ1v) is 11.4. The van der Waals surface area contributed by atoms with E-state index in [2.05, 4.69) is 0 Å². The molecule has 0 N–H and O–H groups in total. The van der Waals surface area contributed by atoms with Gasteiger partial charge in [0.25, 0.3) is 0 Å². The number of phosphoric ester groups is 2. The number of nitrogens with zero attached hydrogens (tertiary/aromatic N) is 1. The van der Waals surface area contributed by atoms with Crippen molar-refractivity contribution in [1.82, 2.24) is 0 Å². The molecular formula is C16H25NO8P2. The van der Waals surface area contributed by atoms with Crippen LogP contribution < -0.4 is 4.52 Å². The molecule has 0 heterocycles. The summed E-state index contributed by atoms with van der Waals surface area (Å²) in [4.78, 5) is 0. The van der Waals surface area contributed by atoms with E-state index in [0.29, 0.717) is 5.56 Å². The molecule has 0 bridgehead atoms. The third-order valence-corrected chi connectivity index (χ3v) is 6.08. The van der Waals surface area contributed by atoms with Gasteiger partial charge in [-0.3, -0.25) is 22.6 Å². The molecule has 11 heteroatoms. The zero-order valence-corrected chi connectivity index (χ0v) is 17.6. The third kappa shape index (κ3) is 7.73. The first-order chi connectivity index (χ1) is 12.8. The van der Waals surface area contributed by atoms with Gasteiger partial charge in [-0.1, -0.05) is 12.1 Å². The van der Waals surface area contributed by atoms with Gasteiger partial charge < -0.3 is 4.52 Å². The summed E-state index contributed by atoms with van der Waals surface area (Å²) in [5.41, 5.74) is 0.314. The highest BCUT2D eigenvalue weighted by atomic mass is 31.2. The number of benzene rings is 1. The zero-order valence-electron chi connectivity index (χ0n) is 15.8. The van der Waals surface area contributed by atoms with Gasteiger partial charge in [-0.2, -0.15) is 5.26 Å². The van der Waals surface area contributed by atoms with E-state index in [1.165, 1.54) is 12.1 Å². The highest BCUT2D eigenvalue weighted by Crippen LogP contribution is 2.53. The van der Waals surface area contributed by atoms with Crippen LogP contribution in [0.2, 0.25) is 0 Å². The van der Waals surface area contributed by atoms with Crippen LogP contribution in [0.1, 0.15) is 39.4 Å². The Balaban J connectivity index is 3.05. The molecule has 1 unspecified atom stereocenters. The Morgan fingerprint density at radius 2 is 1.44 bits per heavy atom. The number of nitriles is 1. The van der Waals surface area contributed by atoms with Gasteiger partial charge in [-0.05, 0) is 45.4 Å². The number of rotatable bonds is 13. The molecule has 9 nitrogen and oxygen atoms in total. The van der Waals surface area contributed by atoms with Crippen molar-refractivity contribution >= 4 is 15.6 Å². The topological polar surface area (TPSA) is 113 Å². The quantitative estimate of drug-likeness (QED) is 0.406. The molecule has 152 valence electrons. The van der Waals surface area contributed by atoms with Crippen molar-refractivity contribution in [3.63, 3.8) is 0 Å². The van der Waals surface area contributed by atoms with E-state index in [1.807, 2.05) is 6.07 Å². The molecule has 0 amide bonds. The Kier molecular flexibility index (Phi) is 10.2. The van der Waals surface area contributed by atoms with Gasteiger partial charge in [0.15, 0.2) is 6.10 Å². The van der Waals surface area contributed by atoms with Crippen LogP contribution >= 0.6 is 15.6 Å². The smallest absolute Gasteiger partial charge is 0.404 e. The fourth-order valence-corrected chi connectivity index (χ4v) is 4.41. The molecule has 0 fully saturated rings. The minimum atomic E-state index is -3.90. The molecule has 1 aromatic carbocycles. The standard InChI is InChI=1S/C16H25NO8P2/c1-5-20-26(18,21-6-2)24-15-11-9-10-14(12-15)16(13-17)25-27(19,22-7-3)23-8-4/h9-12,16H,5-8H2,1-4H3. The second-order valence-electron chi connectivity index (χ2n) is 4.84. The molecule has 0 saturated heterocycles. The molecule has 27 heavy (non-hydrogen) atoms. The van der Waals surface area contributed by atoms with Crippen molar-refractivity contribution < 1.29 is 36.3 Å². The molecule has 0 saturated carbocycles. The predicted molar refractivity (Wildman–Crippen MR) is 98.2 cm³/mol. The van der Waals surface area contributed by atoms with Crippen molar-refractivity contribution in [1.29, 1.82) is 5.26 Å². The summed E-state index contributed by atoms with van der Waals surface area (Å²) >= 11 is 0. The average Bonchev–Trinajstić information content (AvgIpc) is 2.60. The third-order valence-electron chi connectivity index (χ3n) is 2.88. The van der Waals surface area contributed by atoms with E-state index >= 15 is 0 Å². The van der Waals surface area contributed by atoms with Crippen molar-refractivity contribution in [3.8, 4) is 11.8 Å². The number of hydrogen-bond donors (Lipinski definition) is 0. The minimum Gasteiger partial charge on any atom is -0.404 e. The van der Waals surface area contributed by atoms with Crippen molar-refractivity contribution in [3.05, 3.63) is 29.8 Å². The monoisotopic (exact) mass is 421 g/mol. The lowest BCUT2D eigenvalue weighted by Gasteiger charge is -2.20. The van der Waals surface area contributed by atoms with E-state index in [0.717, 1.165) is 0 Å². The van der Waals surface area contributed by atoms with Crippen LogP contribution in [-0.2, 0) is 31.7 Å². The second-order valence-corrected chi connectivity index (χ2v) is 8.06. The first kappa shape index (κ1) is 23.8. The van der Waals surface area contributed by atoms with E-state index in [4.69, 9.17) is 27.1 Å². The molecule has 0 aliphatic carbocycles. The summed E-state index contributed by atoms with van der Waals surface area (Å²) in [7, 11) is -7.69. The Labute approximate surface area is 159 Å². The number of phosphoric acid groups is 2. The van der Waals surface area contributed by atoms with Gasteiger partial charge in [0.2, 0.25) is 0 Å². The van der Waals surface area contributed by atoms with E-state index in [9.17, 15) is 14.4 Å². The summed E-state index contributed by atoms with van der Waals surface area (Å²) in [6.07, 6.45) is -1.25. The maximum Gasteiger partial charge on any atom is 0.530 e. The van der Waals surface area contributed by atoms with E-state index in [-0.39, 0.29) is 32.2 Å². The van der Waals surface area contributed by atoms with E-state index < -0.39 is 21.7 Å². The predicted octanol–water partition coefficient (Wildman–Crippen LogP) is 5.01. The minimum absolute atomic E-state index is 0.0878. The SMILES string of the molecule is CCOP(=O)(OCC)Oc1cccc(C(C#N)OP(=O)(OCC)OCC)c1. The van der Waals surface area contributed by atoms with Crippen LogP contribution in [0.3, 0.4) is 0 Å². The Hall–Kier alpha value is -1.23. The summed E-state index contributed by atoms with van der Waals surface area (Å²) < 4.78 is 55.9. The van der Waals surface area contributed by atoms with Gasteiger partial charge in [-0.25, -0.2) is 9.13 Å². The summed E-state index contributed by atoms with van der Waals surface area (Å²) in [6, 6.07) is 7.96. The fraction of sp³-hybridized carbons (Fsp3) is 0.562. The van der Waals surface area contributed by atoms with Gasteiger partial charge in [0, 0.05) is 0 Å². The molecule has 1 atom stereocenters. The summed E-state index contributed by atoms with van der Waals surface area (Å²) in [5, 5.41) is 9.42. The van der Waals surface area contributed by atoms with Crippen LogP contribution in [0.15, 0.2) is 24.3 Å². The van der Waals surface area contributed by atoms with Crippen LogP contribution in [0.4, 0.5) is 0 Å². The first-order valence-electron chi connectivity index (χ1n) is 8.51. The second kappa shape index (κ2) is 11.6. The Morgan fingerprint density at radius 1 is 0.926 bits per heavy atom. The lowest BCUT2D eigenvalue weighted by molar-refractivity contribution is 0.103. The molecule has 0 radical (unpaired) electrons. The van der Waals surface area contributed by atoms with Crippen molar-refractivity contribution in [2.45, 2.75) is 33.8 Å². The van der Waals surface area contributed by atoms with Crippen LogP contribution in [0.5, 0.6) is 5.75 Å². The molecule has 0 aliphatic rings. The van der Waals surface area contributed by atoms with Crippen LogP contribution in [0.25, 0.3) is 0 Å². The fourth-order valence-electron chi connectivity index (χ4n) is 1.97. The Bertz CT molecular complexity index is 701. The van der Waals surface area contributed by atoms with Crippen LogP contribution in [-0.4, -0.2) is 26.4 Å². The molecule has 1 aromatic rings. The van der Waals surface area contributed by atoms with Gasteiger partial charge in [0.1, 0.15) is 5.75 Å². The van der Waals surface area contributed by atoms with Crippen molar-refractivity contribution in [2.24, 2.45) is 0 Å². The lowest BCUT2D eigenvalue weighted by atomic mass is 10.1. The van der Waals surface area contributed by atoms with E-state index in [1.54, 1.807) is 39.8 Å². The molecule has 0 aliphatic heterocycles. The van der Waals surface area contributed by atoms with Crippen LogP contribution in [0, 0.1) is 11.3 Å². The molecule has 0 spiro atoms. The van der Waals surface area contributed by atoms with Gasteiger partial charge >= 0.3 is 15.6 Å². The highest BCUT2D eigenvalue weighted by molar-refractivity contribution is 7.49. The molecule has 1 rings (SSSR count). The van der Waals surface area contributed by atoms with Gasteiger partial charge in [0.05, 0.1) is 32.5 Å². The molecular weight excluding hydrogens is 396 g/mol. The lowest BCUT2D eigenvalue weighted by Crippen LogP contribution is -2.06. The zero-order chi connectivity index (χ0) is 20.3. The number of hydrogen-bond acceptors (Lipinski definition) is 9.